The van der Waals surface area contributed by atoms with Crippen LogP contribution < -0.4 is 16.0 Å². The van der Waals surface area contributed by atoms with Crippen LogP contribution >= 0.6 is 24.0 Å². The van der Waals surface area contributed by atoms with Crippen LogP contribution in [0.1, 0.15) is 53.9 Å². The largest absolute Gasteiger partial charge is 0.468 e. The number of nitrogens with zero attached hydrogens (tertiary/aromatic N) is 2. The molecule has 0 saturated carbocycles. The number of furan rings is 1. The topological polar surface area (TPSA) is 81.9 Å². The first-order chi connectivity index (χ1) is 15.2. The van der Waals surface area contributed by atoms with Gasteiger partial charge in [0.25, 0.3) is 5.91 Å². The molecule has 2 heterocycles. The minimum atomic E-state index is -0.0635. The molecule has 1 atom stereocenters. The van der Waals surface area contributed by atoms with Gasteiger partial charge in [-0.1, -0.05) is 18.6 Å². The summed E-state index contributed by atoms with van der Waals surface area (Å²) in [5, 5.41) is 9.43. The number of hydrogen-bond acceptors (Lipinski definition) is 4. The molecular formula is C24H36IN5O2. The zero-order valence-corrected chi connectivity index (χ0v) is 21.4. The number of likely N-dealkylation sites (tertiary alicyclic amines) is 1. The third-order valence-corrected chi connectivity index (χ3v) is 5.59. The van der Waals surface area contributed by atoms with Crippen LogP contribution in [0, 0.1) is 0 Å². The summed E-state index contributed by atoms with van der Waals surface area (Å²) < 4.78 is 5.74. The number of carbonyl (C=O) groups excluding carboxylic acids is 1. The zero-order valence-electron chi connectivity index (χ0n) is 19.1. The molecule has 1 fully saturated rings. The molecule has 8 heteroatoms. The molecule has 2 aromatic rings. The molecule has 32 heavy (non-hydrogen) atoms. The first kappa shape index (κ1) is 26.2. The maximum absolute atomic E-state index is 11.8. The minimum absolute atomic E-state index is 0. The van der Waals surface area contributed by atoms with Crippen molar-refractivity contribution in [3.63, 3.8) is 0 Å². The predicted octanol–water partition coefficient (Wildman–Crippen LogP) is 3.58. The second-order valence-corrected chi connectivity index (χ2v) is 7.80. The Balaban J connectivity index is 0.00000363. The molecular weight excluding hydrogens is 517 g/mol. The highest BCUT2D eigenvalue weighted by Crippen LogP contribution is 2.25. The number of halogens is 1. The molecule has 7 nitrogen and oxygen atoms in total. The molecule has 1 amide bonds. The third kappa shape index (κ3) is 7.81. The van der Waals surface area contributed by atoms with E-state index in [4.69, 9.17) is 9.41 Å². The summed E-state index contributed by atoms with van der Waals surface area (Å²) in [5.74, 6) is 1.72. The fourth-order valence-corrected chi connectivity index (χ4v) is 3.95. The van der Waals surface area contributed by atoms with Gasteiger partial charge in [0.2, 0.25) is 0 Å². The van der Waals surface area contributed by atoms with E-state index in [-0.39, 0.29) is 35.9 Å². The monoisotopic (exact) mass is 553 g/mol. The van der Waals surface area contributed by atoms with Crippen LogP contribution in [-0.2, 0) is 6.42 Å². The summed E-state index contributed by atoms with van der Waals surface area (Å²) in [6.45, 7) is 6.43. The zero-order chi connectivity index (χ0) is 21.9. The van der Waals surface area contributed by atoms with Gasteiger partial charge in [-0.2, -0.15) is 0 Å². The summed E-state index contributed by atoms with van der Waals surface area (Å²) in [4.78, 5) is 19.2. The summed E-state index contributed by atoms with van der Waals surface area (Å²) >= 11 is 0. The van der Waals surface area contributed by atoms with Gasteiger partial charge < -0.3 is 20.4 Å². The van der Waals surface area contributed by atoms with E-state index in [2.05, 4.69) is 33.8 Å². The van der Waals surface area contributed by atoms with Gasteiger partial charge >= 0.3 is 0 Å². The lowest BCUT2D eigenvalue weighted by Gasteiger charge is -2.32. The maximum atomic E-state index is 11.8. The standard InChI is InChI=1S/C24H35N5O2.HI/c1-3-26-24(27-13-12-19-9-7-10-20(17-19)23(30)25-2)28-18-21(22-11-8-16-31-22)29-14-5-4-6-15-29;/h7-11,16-17,21H,3-6,12-15,18H2,1-2H3,(H,25,30)(H2,26,27,28);1H. The summed E-state index contributed by atoms with van der Waals surface area (Å²) in [5.41, 5.74) is 1.80. The fourth-order valence-electron chi connectivity index (χ4n) is 3.95. The smallest absolute Gasteiger partial charge is 0.251 e. The average molecular weight is 553 g/mol. The Morgan fingerprint density at radius 3 is 2.66 bits per heavy atom. The second kappa shape index (κ2) is 14.2. The predicted molar refractivity (Wildman–Crippen MR) is 140 cm³/mol. The van der Waals surface area contributed by atoms with Crippen LogP contribution in [-0.4, -0.2) is 56.5 Å². The van der Waals surface area contributed by atoms with Crippen molar-refractivity contribution in [2.24, 2.45) is 4.99 Å². The van der Waals surface area contributed by atoms with Crippen LogP contribution in [0.15, 0.2) is 52.1 Å². The van der Waals surface area contributed by atoms with E-state index in [0.29, 0.717) is 12.1 Å². The number of amides is 1. The van der Waals surface area contributed by atoms with Gasteiger partial charge in [-0.15, -0.1) is 24.0 Å². The van der Waals surface area contributed by atoms with Gasteiger partial charge in [0.1, 0.15) is 5.76 Å². The van der Waals surface area contributed by atoms with Crippen molar-refractivity contribution >= 4 is 35.8 Å². The summed E-state index contributed by atoms with van der Waals surface area (Å²) in [6.07, 6.45) is 6.31. The number of guanidine groups is 1. The molecule has 0 aliphatic carbocycles. The summed E-state index contributed by atoms with van der Waals surface area (Å²) in [7, 11) is 1.65. The molecule has 0 bridgehead atoms. The molecule has 1 aliphatic heterocycles. The lowest BCUT2D eigenvalue weighted by Crippen LogP contribution is -2.40. The van der Waals surface area contributed by atoms with Crippen LogP contribution in [0.25, 0.3) is 0 Å². The van der Waals surface area contributed by atoms with E-state index in [9.17, 15) is 4.79 Å². The Hall–Kier alpha value is -2.07. The van der Waals surface area contributed by atoms with Crippen molar-refractivity contribution in [3.8, 4) is 0 Å². The Kier molecular flexibility index (Phi) is 11.6. The number of piperidine rings is 1. The number of rotatable bonds is 9. The molecule has 0 radical (unpaired) electrons. The van der Waals surface area contributed by atoms with Crippen LogP contribution in [0.2, 0.25) is 0 Å². The minimum Gasteiger partial charge on any atom is -0.468 e. The van der Waals surface area contributed by atoms with Crippen molar-refractivity contribution in [2.45, 2.75) is 38.6 Å². The first-order valence-electron chi connectivity index (χ1n) is 11.3. The molecule has 3 N–H and O–H groups in total. The Morgan fingerprint density at radius 2 is 1.97 bits per heavy atom. The molecule has 0 spiro atoms. The van der Waals surface area contributed by atoms with E-state index < -0.39 is 0 Å². The van der Waals surface area contributed by atoms with Crippen LogP contribution in [0.4, 0.5) is 0 Å². The highest BCUT2D eigenvalue weighted by molar-refractivity contribution is 14.0. The number of hydrogen-bond donors (Lipinski definition) is 3. The maximum Gasteiger partial charge on any atom is 0.251 e. The van der Waals surface area contributed by atoms with Gasteiger partial charge in [0.05, 0.1) is 18.8 Å². The Morgan fingerprint density at radius 1 is 1.16 bits per heavy atom. The highest BCUT2D eigenvalue weighted by Gasteiger charge is 2.24. The second-order valence-electron chi connectivity index (χ2n) is 7.80. The van der Waals surface area contributed by atoms with Crippen LogP contribution in [0.3, 0.4) is 0 Å². The molecule has 1 unspecified atom stereocenters. The molecule has 1 aromatic heterocycles. The molecule has 1 aromatic carbocycles. The summed E-state index contributed by atoms with van der Waals surface area (Å²) in [6, 6.07) is 11.9. The van der Waals surface area contributed by atoms with E-state index in [0.717, 1.165) is 49.9 Å². The number of aliphatic imine (C=N–C) groups is 1. The van der Waals surface area contributed by atoms with Crippen LogP contribution in [0.5, 0.6) is 0 Å². The Labute approximate surface area is 208 Å². The Bertz CT molecular complexity index is 835. The van der Waals surface area contributed by atoms with Gasteiger partial charge in [-0.25, -0.2) is 0 Å². The average Bonchev–Trinajstić information content (AvgIpc) is 3.34. The van der Waals surface area contributed by atoms with Crippen molar-refractivity contribution in [3.05, 3.63) is 59.5 Å². The van der Waals surface area contributed by atoms with Gasteiger partial charge in [-0.05, 0) is 69.1 Å². The molecule has 3 rings (SSSR count). The highest BCUT2D eigenvalue weighted by atomic mass is 127. The number of nitrogens with one attached hydrogen (secondary N) is 3. The molecule has 176 valence electrons. The van der Waals surface area contributed by atoms with Crippen molar-refractivity contribution < 1.29 is 9.21 Å². The van der Waals surface area contributed by atoms with E-state index in [1.54, 1.807) is 13.3 Å². The molecule has 1 saturated heterocycles. The quantitative estimate of drug-likeness (QED) is 0.251. The number of carbonyl (C=O) groups is 1. The fraction of sp³-hybridized carbons (Fsp3) is 0.500. The van der Waals surface area contributed by atoms with Crippen molar-refractivity contribution in [1.82, 2.24) is 20.9 Å². The number of benzene rings is 1. The normalized spacial score (nSPS) is 15.5. The lowest BCUT2D eigenvalue weighted by molar-refractivity contribution is 0.0963. The van der Waals surface area contributed by atoms with Gasteiger partial charge in [-0.3, -0.25) is 14.7 Å². The van der Waals surface area contributed by atoms with E-state index in [1.807, 2.05) is 30.3 Å². The van der Waals surface area contributed by atoms with Gasteiger partial charge in [0.15, 0.2) is 5.96 Å². The van der Waals surface area contributed by atoms with E-state index in [1.165, 1.54) is 19.3 Å². The van der Waals surface area contributed by atoms with E-state index >= 15 is 0 Å². The first-order valence-corrected chi connectivity index (χ1v) is 11.3. The lowest BCUT2D eigenvalue weighted by atomic mass is 10.1. The van der Waals surface area contributed by atoms with Crippen molar-refractivity contribution in [1.29, 1.82) is 0 Å². The molecule has 1 aliphatic rings. The SMILES string of the molecule is CCNC(=NCC(c1ccco1)N1CCCCC1)NCCc1cccc(C(=O)NC)c1.I. The van der Waals surface area contributed by atoms with Gasteiger partial charge in [0, 0.05) is 25.7 Å². The third-order valence-electron chi connectivity index (χ3n) is 5.59. The van der Waals surface area contributed by atoms with Crippen molar-refractivity contribution in [2.75, 3.05) is 39.8 Å².